The highest BCUT2D eigenvalue weighted by molar-refractivity contribution is 5.38. The fraction of sp³-hybridized carbons (Fsp3) is 0.583. The van der Waals surface area contributed by atoms with Gasteiger partial charge >= 0.3 is 0 Å². The minimum atomic E-state index is 0.162. The highest BCUT2D eigenvalue weighted by Gasteiger charge is 2.22. The lowest BCUT2D eigenvalue weighted by Crippen LogP contribution is -2.37. The van der Waals surface area contributed by atoms with Crippen molar-refractivity contribution in [2.45, 2.75) is 19.3 Å². The molecule has 0 bridgehead atoms. The third kappa shape index (κ3) is 3.07. The number of nitrogens with two attached hydrogens (primary N) is 1. The van der Waals surface area contributed by atoms with Gasteiger partial charge in [0.15, 0.2) is 0 Å². The maximum absolute atomic E-state index is 9.09. The van der Waals surface area contributed by atoms with Gasteiger partial charge in [-0.25, -0.2) is 4.98 Å². The van der Waals surface area contributed by atoms with Crippen LogP contribution in [0.5, 0.6) is 0 Å². The van der Waals surface area contributed by atoms with E-state index in [0.29, 0.717) is 17.8 Å². The monoisotopic (exact) mass is 290 g/mol. The van der Waals surface area contributed by atoms with E-state index in [1.54, 1.807) is 0 Å². The Labute approximate surface area is 121 Å². The number of anilines is 2. The third-order valence-corrected chi connectivity index (χ3v) is 3.59. The van der Waals surface area contributed by atoms with Crippen LogP contribution >= 0.6 is 0 Å². The number of aliphatic hydroxyl groups excluding tert-OH is 1. The van der Waals surface area contributed by atoms with Crippen molar-refractivity contribution in [1.29, 1.82) is 0 Å². The fourth-order valence-corrected chi connectivity index (χ4v) is 2.59. The second-order valence-electron chi connectivity index (χ2n) is 5.10. The summed E-state index contributed by atoms with van der Waals surface area (Å²) in [4.78, 5) is 18.7. The summed E-state index contributed by atoms with van der Waals surface area (Å²) in [5.74, 6) is 1.53. The van der Waals surface area contributed by atoms with Gasteiger partial charge in [-0.1, -0.05) is 0 Å². The van der Waals surface area contributed by atoms with Crippen molar-refractivity contribution in [1.82, 2.24) is 29.7 Å². The summed E-state index contributed by atoms with van der Waals surface area (Å²) in [6.45, 7) is 1.91. The Kier molecular flexibility index (Phi) is 3.91. The van der Waals surface area contributed by atoms with Gasteiger partial charge in [0, 0.05) is 19.7 Å². The van der Waals surface area contributed by atoms with Crippen LogP contribution in [-0.4, -0.2) is 54.5 Å². The first-order chi connectivity index (χ1) is 10.3. The summed E-state index contributed by atoms with van der Waals surface area (Å²) >= 11 is 0. The van der Waals surface area contributed by atoms with Crippen LogP contribution in [-0.2, 0) is 0 Å². The first-order valence-electron chi connectivity index (χ1n) is 6.98. The molecule has 9 nitrogen and oxygen atoms in total. The van der Waals surface area contributed by atoms with E-state index in [9.17, 15) is 0 Å². The minimum absolute atomic E-state index is 0.162. The average molecular weight is 290 g/mol. The largest absolute Gasteiger partial charge is 0.396 e. The summed E-state index contributed by atoms with van der Waals surface area (Å²) < 4.78 is 1.46. The van der Waals surface area contributed by atoms with Gasteiger partial charge < -0.3 is 15.7 Å². The molecule has 2 aromatic heterocycles. The van der Waals surface area contributed by atoms with E-state index < -0.39 is 0 Å². The van der Waals surface area contributed by atoms with Gasteiger partial charge in [-0.3, -0.25) is 0 Å². The molecule has 3 N–H and O–H groups in total. The van der Waals surface area contributed by atoms with Gasteiger partial charge in [0.1, 0.15) is 12.7 Å². The summed E-state index contributed by atoms with van der Waals surface area (Å²) in [5, 5.41) is 13.1. The van der Waals surface area contributed by atoms with E-state index in [2.05, 4.69) is 29.9 Å². The molecule has 112 valence electrons. The fourth-order valence-electron chi connectivity index (χ4n) is 2.59. The molecule has 0 amide bonds. The molecule has 1 fully saturated rings. The van der Waals surface area contributed by atoms with Crippen molar-refractivity contribution in [3.05, 3.63) is 12.7 Å². The molecular formula is C12H18N8O. The molecule has 2 aromatic rings. The van der Waals surface area contributed by atoms with E-state index in [1.165, 1.54) is 17.3 Å². The van der Waals surface area contributed by atoms with E-state index in [-0.39, 0.29) is 12.6 Å². The Balaban J connectivity index is 1.84. The first-order valence-corrected chi connectivity index (χ1v) is 6.98. The van der Waals surface area contributed by atoms with Gasteiger partial charge in [-0.15, -0.1) is 0 Å². The predicted octanol–water partition coefficient (Wildman–Crippen LogP) is -0.367. The van der Waals surface area contributed by atoms with Crippen molar-refractivity contribution in [3.8, 4) is 5.95 Å². The van der Waals surface area contributed by atoms with Crippen molar-refractivity contribution in [3.63, 3.8) is 0 Å². The topological polar surface area (TPSA) is 119 Å². The summed E-state index contributed by atoms with van der Waals surface area (Å²) in [6, 6.07) is 0. The molecule has 0 aliphatic carbocycles. The summed E-state index contributed by atoms with van der Waals surface area (Å²) in [5.41, 5.74) is 5.78. The van der Waals surface area contributed by atoms with Crippen molar-refractivity contribution in [2.75, 3.05) is 30.3 Å². The number of aromatic nitrogens is 6. The van der Waals surface area contributed by atoms with Gasteiger partial charge in [-0.2, -0.15) is 24.7 Å². The van der Waals surface area contributed by atoms with E-state index in [4.69, 9.17) is 10.8 Å². The number of nitrogen functional groups attached to an aromatic ring is 1. The van der Waals surface area contributed by atoms with Crippen LogP contribution in [0.25, 0.3) is 5.95 Å². The van der Waals surface area contributed by atoms with Crippen LogP contribution in [0.2, 0.25) is 0 Å². The Morgan fingerprint density at radius 3 is 2.90 bits per heavy atom. The van der Waals surface area contributed by atoms with Crippen molar-refractivity contribution < 1.29 is 5.11 Å². The van der Waals surface area contributed by atoms with Gasteiger partial charge in [0.2, 0.25) is 11.9 Å². The van der Waals surface area contributed by atoms with E-state index in [0.717, 1.165) is 32.4 Å². The molecule has 1 saturated heterocycles. The first kappa shape index (κ1) is 13.7. The third-order valence-electron chi connectivity index (χ3n) is 3.59. The Morgan fingerprint density at radius 2 is 2.14 bits per heavy atom. The van der Waals surface area contributed by atoms with Crippen LogP contribution in [0.4, 0.5) is 11.9 Å². The molecule has 21 heavy (non-hydrogen) atoms. The molecule has 0 spiro atoms. The van der Waals surface area contributed by atoms with Crippen LogP contribution in [0.3, 0.4) is 0 Å². The number of hydrogen-bond donors (Lipinski definition) is 2. The van der Waals surface area contributed by atoms with Gasteiger partial charge in [0.05, 0.1) is 0 Å². The van der Waals surface area contributed by atoms with E-state index >= 15 is 0 Å². The SMILES string of the molecule is Nc1nc(N2CCCC(CCO)C2)nc(-n2cncn2)n1. The number of nitrogens with zero attached hydrogens (tertiary/aromatic N) is 7. The normalized spacial score (nSPS) is 18.9. The zero-order valence-electron chi connectivity index (χ0n) is 11.6. The molecule has 0 radical (unpaired) electrons. The maximum atomic E-state index is 9.09. The standard InChI is InChI=1S/C12H18N8O/c13-10-16-11(18-12(17-10)20-8-14-7-15-20)19-4-1-2-9(6-19)3-5-21/h7-9,21H,1-6H2,(H2,13,16,17,18). The molecular weight excluding hydrogens is 272 g/mol. The molecule has 9 heteroatoms. The molecule has 3 heterocycles. The maximum Gasteiger partial charge on any atom is 0.258 e. The zero-order chi connectivity index (χ0) is 14.7. The molecule has 3 rings (SSSR count). The number of hydrogen-bond acceptors (Lipinski definition) is 8. The predicted molar refractivity (Wildman–Crippen MR) is 75.8 cm³/mol. The van der Waals surface area contributed by atoms with Gasteiger partial charge in [-0.05, 0) is 25.2 Å². The Hall–Kier alpha value is -2.29. The number of aliphatic hydroxyl groups is 1. The molecule has 1 unspecified atom stereocenters. The second-order valence-corrected chi connectivity index (χ2v) is 5.10. The van der Waals surface area contributed by atoms with Crippen molar-refractivity contribution >= 4 is 11.9 Å². The molecule has 1 aliphatic heterocycles. The van der Waals surface area contributed by atoms with Gasteiger partial charge in [0.25, 0.3) is 5.95 Å². The lowest BCUT2D eigenvalue weighted by molar-refractivity contribution is 0.244. The molecule has 0 aromatic carbocycles. The molecule has 1 aliphatic rings. The van der Waals surface area contributed by atoms with Crippen LogP contribution in [0.15, 0.2) is 12.7 Å². The Bertz CT molecular complexity index is 585. The summed E-state index contributed by atoms with van der Waals surface area (Å²) in [6.07, 6.45) is 5.90. The lowest BCUT2D eigenvalue weighted by atomic mass is 9.95. The van der Waals surface area contributed by atoms with Crippen LogP contribution in [0, 0.1) is 5.92 Å². The zero-order valence-corrected chi connectivity index (χ0v) is 11.6. The summed E-state index contributed by atoms with van der Waals surface area (Å²) in [7, 11) is 0. The average Bonchev–Trinajstić information content (AvgIpc) is 3.01. The van der Waals surface area contributed by atoms with Crippen LogP contribution < -0.4 is 10.6 Å². The molecule has 1 atom stereocenters. The minimum Gasteiger partial charge on any atom is -0.396 e. The number of rotatable bonds is 4. The molecule has 0 saturated carbocycles. The Morgan fingerprint density at radius 1 is 1.29 bits per heavy atom. The smallest absolute Gasteiger partial charge is 0.258 e. The highest BCUT2D eigenvalue weighted by atomic mass is 16.3. The van der Waals surface area contributed by atoms with E-state index in [1.807, 2.05) is 0 Å². The van der Waals surface area contributed by atoms with Crippen molar-refractivity contribution in [2.24, 2.45) is 5.92 Å². The second kappa shape index (κ2) is 6.00. The number of piperidine rings is 1. The quantitative estimate of drug-likeness (QED) is 0.783. The van der Waals surface area contributed by atoms with Crippen LogP contribution in [0.1, 0.15) is 19.3 Å². The lowest BCUT2D eigenvalue weighted by Gasteiger charge is -2.32. The highest BCUT2D eigenvalue weighted by Crippen LogP contribution is 2.23.